The van der Waals surface area contributed by atoms with Crippen molar-refractivity contribution in [2.24, 2.45) is 0 Å². The fraction of sp³-hybridized carbons (Fsp3) is 0.368. The monoisotopic (exact) mass is 327 g/mol. The lowest BCUT2D eigenvalue weighted by Crippen LogP contribution is -2.26. The average molecular weight is 327 g/mol. The Bertz CT molecular complexity index is 686. The molecule has 0 aliphatic carbocycles. The van der Waals surface area contributed by atoms with E-state index in [1.165, 1.54) is 11.1 Å². The number of carbonyl (C=O) groups excluding carboxylic acids is 1. The number of hydrogen-bond donors (Lipinski definition) is 2. The van der Waals surface area contributed by atoms with E-state index in [2.05, 4.69) is 47.7 Å². The second kappa shape index (κ2) is 9.03. The molecule has 128 valence electrons. The Kier molecular flexibility index (Phi) is 6.75. The number of amides is 1. The number of nitrogens with one attached hydrogen (secondary N) is 2. The highest BCUT2D eigenvalue weighted by atomic mass is 16.5. The molecule has 1 aromatic carbocycles. The van der Waals surface area contributed by atoms with Gasteiger partial charge in [0.2, 0.25) is 0 Å². The lowest BCUT2D eigenvalue weighted by atomic mass is 10.1. The van der Waals surface area contributed by atoms with Gasteiger partial charge in [0.05, 0.1) is 0 Å². The first kappa shape index (κ1) is 17.9. The van der Waals surface area contributed by atoms with Crippen molar-refractivity contribution in [2.45, 2.75) is 26.7 Å². The summed E-state index contributed by atoms with van der Waals surface area (Å²) in [6.07, 6.45) is 3.38. The van der Waals surface area contributed by atoms with Crippen LogP contribution in [0.2, 0.25) is 0 Å². The Balaban J connectivity index is 2.09. The molecule has 0 bridgehead atoms. The minimum Gasteiger partial charge on any atom is -0.385 e. The number of nitrogens with zero attached hydrogens (tertiary/aromatic N) is 1. The molecule has 1 heterocycles. The fourth-order valence-electron chi connectivity index (χ4n) is 2.49. The maximum Gasteiger partial charge on any atom is 0.269 e. The molecule has 0 radical (unpaired) electrons. The topological polar surface area (TPSA) is 63.2 Å². The normalized spacial score (nSPS) is 10.5. The predicted molar refractivity (Wildman–Crippen MR) is 96.9 cm³/mol. The SMILES string of the molecule is CCc1cccc(C)c1Nc1ccnc(C(=O)NCCCOC)c1. The first-order valence-electron chi connectivity index (χ1n) is 8.24. The minimum absolute atomic E-state index is 0.171. The molecule has 1 aromatic heterocycles. The van der Waals surface area contributed by atoms with Crippen LogP contribution >= 0.6 is 0 Å². The molecule has 0 atom stereocenters. The van der Waals surface area contributed by atoms with Gasteiger partial charge in [-0.2, -0.15) is 0 Å². The molecule has 0 spiro atoms. The van der Waals surface area contributed by atoms with Gasteiger partial charge in [-0.3, -0.25) is 9.78 Å². The third-order valence-corrected chi connectivity index (χ3v) is 3.81. The molecule has 5 heteroatoms. The summed E-state index contributed by atoms with van der Waals surface area (Å²) < 4.78 is 4.97. The van der Waals surface area contributed by atoms with E-state index in [-0.39, 0.29) is 5.91 Å². The Morgan fingerprint density at radius 3 is 2.88 bits per heavy atom. The number of carbonyl (C=O) groups is 1. The summed E-state index contributed by atoms with van der Waals surface area (Å²) in [5, 5.41) is 6.27. The van der Waals surface area contributed by atoms with Gasteiger partial charge in [-0.25, -0.2) is 0 Å². The molecule has 0 aliphatic heterocycles. The number of methoxy groups -OCH3 is 1. The molecule has 2 N–H and O–H groups in total. The summed E-state index contributed by atoms with van der Waals surface area (Å²) in [7, 11) is 1.65. The minimum atomic E-state index is -0.171. The molecule has 2 aromatic rings. The van der Waals surface area contributed by atoms with Crippen molar-refractivity contribution in [3.63, 3.8) is 0 Å². The van der Waals surface area contributed by atoms with E-state index in [1.807, 2.05) is 6.07 Å². The second-order valence-electron chi connectivity index (χ2n) is 5.62. The Morgan fingerprint density at radius 1 is 1.29 bits per heavy atom. The van der Waals surface area contributed by atoms with Gasteiger partial charge in [0, 0.05) is 37.8 Å². The molecule has 0 unspecified atom stereocenters. The average Bonchev–Trinajstić information content (AvgIpc) is 2.60. The van der Waals surface area contributed by atoms with E-state index in [0.717, 1.165) is 24.2 Å². The number of aromatic nitrogens is 1. The van der Waals surface area contributed by atoms with E-state index in [4.69, 9.17) is 4.74 Å². The Hall–Kier alpha value is -2.40. The fourth-order valence-corrected chi connectivity index (χ4v) is 2.49. The zero-order valence-electron chi connectivity index (χ0n) is 14.6. The van der Waals surface area contributed by atoms with Crippen LogP contribution in [-0.2, 0) is 11.2 Å². The Morgan fingerprint density at radius 2 is 2.12 bits per heavy atom. The Labute approximate surface area is 143 Å². The molecule has 0 fully saturated rings. The highest BCUT2D eigenvalue weighted by Gasteiger charge is 2.09. The summed E-state index contributed by atoms with van der Waals surface area (Å²) >= 11 is 0. The van der Waals surface area contributed by atoms with Crippen molar-refractivity contribution in [2.75, 3.05) is 25.6 Å². The zero-order chi connectivity index (χ0) is 17.4. The van der Waals surface area contributed by atoms with Crippen LogP contribution in [0.1, 0.15) is 35.0 Å². The maximum atomic E-state index is 12.2. The van der Waals surface area contributed by atoms with Gasteiger partial charge in [0.25, 0.3) is 5.91 Å². The predicted octanol–water partition coefficient (Wildman–Crippen LogP) is 3.46. The first-order chi connectivity index (χ1) is 11.7. The van der Waals surface area contributed by atoms with Crippen molar-refractivity contribution in [3.8, 4) is 0 Å². The quantitative estimate of drug-likeness (QED) is 0.729. The van der Waals surface area contributed by atoms with Crippen molar-refractivity contribution in [1.29, 1.82) is 0 Å². The van der Waals surface area contributed by atoms with Crippen LogP contribution in [0.5, 0.6) is 0 Å². The summed E-state index contributed by atoms with van der Waals surface area (Å²) in [5.41, 5.74) is 4.78. The molecule has 2 rings (SSSR count). The summed E-state index contributed by atoms with van der Waals surface area (Å²) in [6, 6.07) is 9.89. The number of rotatable bonds is 8. The molecule has 24 heavy (non-hydrogen) atoms. The maximum absolute atomic E-state index is 12.2. The van der Waals surface area contributed by atoms with Crippen LogP contribution in [0.15, 0.2) is 36.5 Å². The summed E-state index contributed by atoms with van der Waals surface area (Å²) in [4.78, 5) is 16.3. The van der Waals surface area contributed by atoms with E-state index in [1.54, 1.807) is 19.4 Å². The smallest absolute Gasteiger partial charge is 0.269 e. The van der Waals surface area contributed by atoms with Gasteiger partial charge in [-0.05, 0) is 43.0 Å². The van der Waals surface area contributed by atoms with Crippen molar-refractivity contribution in [1.82, 2.24) is 10.3 Å². The van der Waals surface area contributed by atoms with Crippen molar-refractivity contribution >= 4 is 17.3 Å². The highest BCUT2D eigenvalue weighted by Crippen LogP contribution is 2.25. The molecule has 0 saturated heterocycles. The molecule has 0 aliphatic rings. The van der Waals surface area contributed by atoms with E-state index < -0.39 is 0 Å². The van der Waals surface area contributed by atoms with Gasteiger partial charge in [0.15, 0.2) is 0 Å². The third kappa shape index (κ3) is 4.80. The van der Waals surface area contributed by atoms with Gasteiger partial charge in [-0.15, -0.1) is 0 Å². The molecular weight excluding hydrogens is 302 g/mol. The van der Waals surface area contributed by atoms with Crippen LogP contribution in [0.25, 0.3) is 0 Å². The number of anilines is 2. The van der Waals surface area contributed by atoms with Crippen molar-refractivity contribution < 1.29 is 9.53 Å². The van der Waals surface area contributed by atoms with Gasteiger partial charge in [-0.1, -0.05) is 25.1 Å². The van der Waals surface area contributed by atoms with Gasteiger partial charge < -0.3 is 15.4 Å². The van der Waals surface area contributed by atoms with Crippen LogP contribution < -0.4 is 10.6 Å². The van der Waals surface area contributed by atoms with Crippen LogP contribution in [-0.4, -0.2) is 31.2 Å². The molecular formula is C19H25N3O2. The third-order valence-electron chi connectivity index (χ3n) is 3.81. The highest BCUT2D eigenvalue weighted by molar-refractivity contribution is 5.93. The number of ether oxygens (including phenoxy) is 1. The van der Waals surface area contributed by atoms with E-state index in [0.29, 0.717) is 18.8 Å². The van der Waals surface area contributed by atoms with E-state index in [9.17, 15) is 4.79 Å². The van der Waals surface area contributed by atoms with Crippen LogP contribution in [0.4, 0.5) is 11.4 Å². The summed E-state index contributed by atoms with van der Waals surface area (Å²) in [5.74, 6) is -0.171. The van der Waals surface area contributed by atoms with Gasteiger partial charge >= 0.3 is 0 Å². The molecule has 1 amide bonds. The molecule has 5 nitrogen and oxygen atoms in total. The molecule has 0 saturated carbocycles. The van der Waals surface area contributed by atoms with Crippen LogP contribution in [0.3, 0.4) is 0 Å². The lowest BCUT2D eigenvalue weighted by Gasteiger charge is -2.14. The lowest BCUT2D eigenvalue weighted by molar-refractivity contribution is 0.0943. The summed E-state index contributed by atoms with van der Waals surface area (Å²) in [6.45, 7) is 5.41. The first-order valence-corrected chi connectivity index (χ1v) is 8.24. The standard InChI is InChI=1S/C19H25N3O2/c1-4-15-8-5-7-14(2)18(15)22-16-9-11-20-17(13-16)19(23)21-10-6-12-24-3/h5,7-9,11,13H,4,6,10,12H2,1-3H3,(H,20,22)(H,21,23). The van der Waals surface area contributed by atoms with Gasteiger partial charge in [0.1, 0.15) is 5.69 Å². The largest absolute Gasteiger partial charge is 0.385 e. The number of benzene rings is 1. The number of aryl methyl sites for hydroxylation is 2. The number of hydrogen-bond acceptors (Lipinski definition) is 4. The number of para-hydroxylation sites is 1. The zero-order valence-corrected chi connectivity index (χ0v) is 14.6. The second-order valence-corrected chi connectivity index (χ2v) is 5.62. The van der Waals surface area contributed by atoms with Crippen LogP contribution in [0, 0.1) is 6.92 Å². The van der Waals surface area contributed by atoms with E-state index >= 15 is 0 Å². The number of pyridine rings is 1. The van der Waals surface area contributed by atoms with Crippen molar-refractivity contribution in [3.05, 3.63) is 53.3 Å².